The predicted octanol–water partition coefficient (Wildman–Crippen LogP) is 4.23. The Kier molecular flexibility index (Phi) is 4.89. The highest BCUT2D eigenvalue weighted by molar-refractivity contribution is 7.73. The quantitative estimate of drug-likeness (QED) is 0.462. The maximum atomic E-state index is 13.2. The van der Waals surface area contributed by atoms with E-state index in [0.29, 0.717) is 21.8 Å². The van der Waals surface area contributed by atoms with E-state index in [2.05, 4.69) is 0 Å². The van der Waals surface area contributed by atoms with Crippen LogP contribution in [0.25, 0.3) is 21.8 Å². The van der Waals surface area contributed by atoms with Crippen molar-refractivity contribution in [1.29, 1.82) is 0 Å². The third-order valence-corrected chi connectivity index (χ3v) is 6.09. The van der Waals surface area contributed by atoms with Gasteiger partial charge in [-0.1, -0.05) is 30.3 Å². The minimum Gasteiger partial charge on any atom is -0.283 e. The molecule has 29 heavy (non-hydrogen) atoms. The second kappa shape index (κ2) is 7.38. The third kappa shape index (κ3) is 3.30. The first-order valence-electron chi connectivity index (χ1n) is 8.76. The Bertz CT molecular complexity index is 1350. The molecular formula is C21H16FN3O2S2. The molecule has 0 atom stereocenters. The van der Waals surface area contributed by atoms with Crippen LogP contribution in [-0.4, -0.2) is 13.9 Å². The molecule has 0 aliphatic rings. The van der Waals surface area contributed by atoms with Crippen LogP contribution in [0.2, 0.25) is 0 Å². The number of aromatic nitrogens is 3. The summed E-state index contributed by atoms with van der Waals surface area (Å²) in [5, 5.41) is 0. The largest absolute Gasteiger partial charge is 0.296 e. The zero-order valence-corrected chi connectivity index (χ0v) is 17.3. The summed E-state index contributed by atoms with van der Waals surface area (Å²) < 4.78 is 17.9. The molecule has 0 aliphatic heterocycles. The molecule has 0 unspecified atom stereocenters. The Morgan fingerprint density at radius 1 is 1.00 bits per heavy atom. The van der Waals surface area contributed by atoms with Crippen LogP contribution in [-0.2, 0) is 7.05 Å². The van der Waals surface area contributed by atoms with Gasteiger partial charge >= 0.3 is 0 Å². The van der Waals surface area contributed by atoms with E-state index in [1.807, 2.05) is 30.3 Å². The van der Waals surface area contributed by atoms with E-state index < -0.39 is 5.56 Å². The van der Waals surface area contributed by atoms with Crippen molar-refractivity contribution in [3.8, 4) is 21.8 Å². The zero-order chi connectivity index (χ0) is 20.7. The van der Waals surface area contributed by atoms with Crippen LogP contribution < -0.4 is 11.1 Å². The number of nitrogens with zero attached hydrogens (tertiary/aromatic N) is 3. The standard InChI is InChI=1S/C21H16FN3O2S2/c1-13-19(20(27)25(23(13)2)16-6-4-3-5-7-16)24-18(26)12-17(29-21(24)28)14-8-10-15(22)11-9-14/h3-12H,1-2H3. The first kappa shape index (κ1) is 19.2. The molecule has 0 saturated heterocycles. The van der Waals surface area contributed by atoms with Crippen molar-refractivity contribution in [2.45, 2.75) is 6.92 Å². The molecule has 0 fully saturated rings. The molecule has 2 aromatic heterocycles. The van der Waals surface area contributed by atoms with Gasteiger partial charge in [0.15, 0.2) is 3.95 Å². The summed E-state index contributed by atoms with van der Waals surface area (Å²) in [4.78, 5) is 26.8. The summed E-state index contributed by atoms with van der Waals surface area (Å²) in [7, 11) is 1.76. The molecule has 0 amide bonds. The minimum atomic E-state index is -0.404. The number of para-hydroxylation sites is 1. The van der Waals surface area contributed by atoms with Gasteiger partial charge in [0.1, 0.15) is 11.5 Å². The lowest BCUT2D eigenvalue weighted by Gasteiger charge is -2.07. The maximum Gasteiger partial charge on any atom is 0.296 e. The lowest BCUT2D eigenvalue weighted by atomic mass is 10.2. The molecule has 4 rings (SSSR count). The molecule has 2 aromatic carbocycles. The maximum absolute atomic E-state index is 13.2. The van der Waals surface area contributed by atoms with Crippen molar-refractivity contribution < 1.29 is 4.39 Å². The monoisotopic (exact) mass is 425 g/mol. The van der Waals surface area contributed by atoms with Crippen LogP contribution in [0.15, 0.2) is 70.3 Å². The van der Waals surface area contributed by atoms with Crippen molar-refractivity contribution in [2.24, 2.45) is 7.05 Å². The molecular weight excluding hydrogens is 409 g/mol. The highest BCUT2D eigenvalue weighted by Crippen LogP contribution is 2.24. The summed E-state index contributed by atoms with van der Waals surface area (Å²) >= 11 is 6.67. The fraction of sp³-hybridized carbons (Fsp3) is 0.0952. The normalized spacial score (nSPS) is 11.0. The Labute approximate surface area is 174 Å². The summed E-state index contributed by atoms with van der Waals surface area (Å²) in [6.45, 7) is 1.77. The van der Waals surface area contributed by atoms with E-state index in [9.17, 15) is 14.0 Å². The highest BCUT2D eigenvalue weighted by atomic mass is 32.1. The average molecular weight is 426 g/mol. The van der Waals surface area contributed by atoms with E-state index in [4.69, 9.17) is 12.2 Å². The summed E-state index contributed by atoms with van der Waals surface area (Å²) in [5.41, 5.74) is 1.51. The van der Waals surface area contributed by atoms with Crippen LogP contribution in [0.5, 0.6) is 0 Å². The molecule has 0 radical (unpaired) electrons. The van der Waals surface area contributed by atoms with Gasteiger partial charge in [0.05, 0.1) is 11.4 Å². The van der Waals surface area contributed by atoms with Crippen molar-refractivity contribution in [2.75, 3.05) is 0 Å². The second-order valence-electron chi connectivity index (χ2n) is 6.47. The van der Waals surface area contributed by atoms with Crippen LogP contribution in [0.1, 0.15) is 5.69 Å². The Morgan fingerprint density at radius 2 is 1.66 bits per heavy atom. The smallest absolute Gasteiger partial charge is 0.283 e. The molecule has 0 aliphatic carbocycles. The minimum absolute atomic E-state index is 0.230. The van der Waals surface area contributed by atoms with E-state index in [0.717, 1.165) is 0 Å². The van der Waals surface area contributed by atoms with Gasteiger partial charge in [-0.3, -0.25) is 18.8 Å². The zero-order valence-electron chi connectivity index (χ0n) is 15.6. The van der Waals surface area contributed by atoms with Gasteiger partial charge in [0.25, 0.3) is 11.1 Å². The van der Waals surface area contributed by atoms with Gasteiger partial charge in [-0.05, 0) is 49.0 Å². The fourth-order valence-corrected chi connectivity index (χ4v) is 4.53. The van der Waals surface area contributed by atoms with Crippen LogP contribution in [0.4, 0.5) is 4.39 Å². The van der Waals surface area contributed by atoms with Gasteiger partial charge in [-0.15, -0.1) is 11.3 Å². The molecule has 0 bridgehead atoms. The fourth-order valence-electron chi connectivity index (χ4n) is 3.21. The summed E-state index contributed by atoms with van der Waals surface area (Å²) in [6, 6.07) is 16.5. The molecule has 146 valence electrons. The van der Waals surface area contributed by atoms with Gasteiger partial charge in [-0.2, -0.15) is 0 Å². The molecule has 4 aromatic rings. The van der Waals surface area contributed by atoms with Crippen molar-refractivity contribution >= 4 is 23.6 Å². The predicted molar refractivity (Wildman–Crippen MR) is 115 cm³/mol. The van der Waals surface area contributed by atoms with Crippen LogP contribution >= 0.6 is 23.6 Å². The van der Waals surface area contributed by atoms with Gasteiger partial charge in [0, 0.05) is 18.0 Å². The molecule has 0 saturated carbocycles. The number of hydrogen-bond donors (Lipinski definition) is 0. The first-order chi connectivity index (χ1) is 13.9. The van der Waals surface area contributed by atoms with E-state index in [1.54, 1.807) is 30.8 Å². The number of benzene rings is 2. The van der Waals surface area contributed by atoms with Crippen molar-refractivity contribution in [3.63, 3.8) is 0 Å². The van der Waals surface area contributed by atoms with Crippen molar-refractivity contribution in [3.05, 3.63) is 96.8 Å². The highest BCUT2D eigenvalue weighted by Gasteiger charge is 2.20. The molecule has 0 spiro atoms. The first-order valence-corrected chi connectivity index (χ1v) is 9.98. The molecule has 0 N–H and O–H groups in total. The number of hydrogen-bond acceptors (Lipinski definition) is 4. The van der Waals surface area contributed by atoms with Crippen LogP contribution in [0.3, 0.4) is 0 Å². The Hall–Kier alpha value is -3.10. The number of halogens is 1. The van der Waals surface area contributed by atoms with E-state index in [-0.39, 0.29) is 21.0 Å². The van der Waals surface area contributed by atoms with Gasteiger partial charge in [-0.25, -0.2) is 9.07 Å². The molecule has 5 nitrogen and oxygen atoms in total. The average Bonchev–Trinajstić information content (AvgIpc) is 2.92. The lowest BCUT2D eigenvalue weighted by Crippen LogP contribution is -2.26. The van der Waals surface area contributed by atoms with Gasteiger partial charge < -0.3 is 0 Å². The van der Waals surface area contributed by atoms with Gasteiger partial charge in [0.2, 0.25) is 0 Å². The second-order valence-corrected chi connectivity index (χ2v) is 8.14. The van der Waals surface area contributed by atoms with Crippen LogP contribution in [0, 0.1) is 16.7 Å². The summed E-state index contributed by atoms with van der Waals surface area (Å²) in [6.07, 6.45) is 0. The molecule has 8 heteroatoms. The van der Waals surface area contributed by atoms with E-state index >= 15 is 0 Å². The topological polar surface area (TPSA) is 48.9 Å². The Morgan fingerprint density at radius 3 is 2.28 bits per heavy atom. The SMILES string of the molecule is Cc1c(-n2c(=O)cc(-c3ccc(F)cc3)sc2=S)c(=O)n(-c2ccccc2)n1C. The third-order valence-electron chi connectivity index (χ3n) is 4.73. The molecule has 2 heterocycles. The van der Waals surface area contributed by atoms with E-state index in [1.165, 1.54) is 38.8 Å². The van der Waals surface area contributed by atoms with Crippen molar-refractivity contribution in [1.82, 2.24) is 13.9 Å². The summed E-state index contributed by atoms with van der Waals surface area (Å²) in [5.74, 6) is -0.355. The lowest BCUT2D eigenvalue weighted by molar-refractivity contribution is 0.628. The Balaban J connectivity index is 1.93. The number of rotatable bonds is 3.